The molecular formula is C10H20Cl2. The van der Waals surface area contributed by atoms with Gasteiger partial charge in [0.2, 0.25) is 0 Å². The van der Waals surface area contributed by atoms with Gasteiger partial charge in [-0.1, -0.05) is 34.6 Å². The van der Waals surface area contributed by atoms with Gasteiger partial charge in [-0.05, 0) is 17.8 Å². The minimum Gasteiger partial charge on any atom is -0.121 e. The summed E-state index contributed by atoms with van der Waals surface area (Å²) in [6, 6.07) is 0. The fraction of sp³-hybridized carbons (Fsp3) is 1.00. The van der Waals surface area contributed by atoms with Gasteiger partial charge in [-0.25, -0.2) is 0 Å². The molecule has 2 heteroatoms. The largest absolute Gasteiger partial charge is 0.121 e. The third-order valence-corrected chi connectivity index (χ3v) is 3.36. The summed E-state index contributed by atoms with van der Waals surface area (Å²) in [5.74, 6) is 0.621. The second-order valence-corrected chi connectivity index (χ2v) is 5.94. The molecule has 74 valence electrons. The van der Waals surface area contributed by atoms with Crippen LogP contribution in [0.4, 0.5) is 0 Å². The van der Waals surface area contributed by atoms with Crippen LogP contribution in [0.3, 0.4) is 0 Å². The zero-order valence-electron chi connectivity index (χ0n) is 8.70. The van der Waals surface area contributed by atoms with E-state index in [2.05, 4.69) is 34.6 Å². The van der Waals surface area contributed by atoms with Crippen molar-refractivity contribution in [1.29, 1.82) is 0 Å². The van der Waals surface area contributed by atoms with E-state index in [4.69, 9.17) is 23.2 Å². The lowest BCUT2D eigenvalue weighted by atomic mass is 9.87. The van der Waals surface area contributed by atoms with Gasteiger partial charge < -0.3 is 0 Å². The molecule has 0 aromatic heterocycles. The normalized spacial score (nSPS) is 18.0. The van der Waals surface area contributed by atoms with E-state index < -0.39 is 0 Å². The highest BCUT2D eigenvalue weighted by molar-refractivity contribution is 6.30. The molecule has 0 saturated heterocycles. The van der Waals surface area contributed by atoms with E-state index in [9.17, 15) is 0 Å². The third-order valence-electron chi connectivity index (χ3n) is 1.84. The van der Waals surface area contributed by atoms with E-state index >= 15 is 0 Å². The van der Waals surface area contributed by atoms with Crippen LogP contribution in [-0.2, 0) is 0 Å². The highest BCUT2D eigenvalue weighted by atomic mass is 35.5. The SMILES string of the molecule is CC(C)CC(Cl)C(Cl)C(C)(C)C. The summed E-state index contributed by atoms with van der Waals surface area (Å²) in [6.07, 6.45) is 0.993. The maximum absolute atomic E-state index is 6.22. The lowest BCUT2D eigenvalue weighted by Gasteiger charge is -2.29. The Morgan fingerprint density at radius 2 is 1.50 bits per heavy atom. The van der Waals surface area contributed by atoms with Crippen molar-refractivity contribution in [2.75, 3.05) is 0 Å². The Balaban J connectivity index is 4.01. The van der Waals surface area contributed by atoms with E-state index in [1.807, 2.05) is 0 Å². The molecule has 0 rings (SSSR count). The fourth-order valence-corrected chi connectivity index (χ4v) is 1.95. The molecule has 0 aliphatic rings. The summed E-state index contributed by atoms with van der Waals surface area (Å²) in [6.45, 7) is 10.7. The van der Waals surface area contributed by atoms with E-state index in [-0.39, 0.29) is 16.2 Å². The molecule has 0 nitrogen and oxygen atoms in total. The van der Waals surface area contributed by atoms with E-state index in [1.54, 1.807) is 0 Å². The lowest BCUT2D eigenvalue weighted by molar-refractivity contribution is 0.360. The van der Waals surface area contributed by atoms with Crippen LogP contribution in [0, 0.1) is 11.3 Å². The zero-order chi connectivity index (χ0) is 9.94. The molecule has 0 N–H and O–H groups in total. The van der Waals surface area contributed by atoms with Crippen LogP contribution >= 0.6 is 23.2 Å². The molecule has 0 bridgehead atoms. The minimum atomic E-state index is 0.0570. The number of halogens is 2. The molecule has 0 radical (unpaired) electrons. The molecule has 0 aromatic carbocycles. The molecule has 0 aliphatic heterocycles. The van der Waals surface area contributed by atoms with Crippen molar-refractivity contribution in [3.8, 4) is 0 Å². The van der Waals surface area contributed by atoms with E-state index in [0.717, 1.165) is 6.42 Å². The van der Waals surface area contributed by atoms with Gasteiger partial charge in [0.25, 0.3) is 0 Å². The second-order valence-electron chi connectivity index (χ2n) is 4.91. The first-order chi connectivity index (χ1) is 5.25. The summed E-state index contributed by atoms with van der Waals surface area (Å²) < 4.78 is 0. The van der Waals surface area contributed by atoms with Gasteiger partial charge in [0, 0.05) is 0 Å². The Morgan fingerprint density at radius 3 is 1.75 bits per heavy atom. The molecule has 0 amide bonds. The molecule has 2 unspecified atom stereocenters. The number of rotatable bonds is 3. The van der Waals surface area contributed by atoms with Crippen LogP contribution in [0.1, 0.15) is 41.0 Å². The topological polar surface area (TPSA) is 0 Å². The van der Waals surface area contributed by atoms with Crippen molar-refractivity contribution >= 4 is 23.2 Å². The molecular weight excluding hydrogens is 191 g/mol. The van der Waals surface area contributed by atoms with Crippen molar-refractivity contribution in [3.63, 3.8) is 0 Å². The van der Waals surface area contributed by atoms with Gasteiger partial charge in [0.05, 0.1) is 10.8 Å². The van der Waals surface area contributed by atoms with Gasteiger partial charge >= 0.3 is 0 Å². The Kier molecular flexibility index (Phi) is 4.94. The van der Waals surface area contributed by atoms with Gasteiger partial charge in [0.1, 0.15) is 0 Å². The number of alkyl halides is 2. The van der Waals surface area contributed by atoms with E-state index in [1.165, 1.54) is 0 Å². The highest BCUT2D eigenvalue weighted by Crippen LogP contribution is 2.32. The summed E-state index contributed by atoms with van der Waals surface area (Å²) in [5, 5.41) is 0.147. The molecule has 0 saturated carbocycles. The second kappa shape index (κ2) is 4.72. The highest BCUT2D eigenvalue weighted by Gasteiger charge is 2.29. The Hall–Kier alpha value is 0.580. The molecule has 12 heavy (non-hydrogen) atoms. The summed E-state index contributed by atoms with van der Waals surface area (Å²) >= 11 is 12.4. The predicted molar refractivity (Wildman–Crippen MR) is 58.2 cm³/mol. The Bertz CT molecular complexity index is 124. The van der Waals surface area contributed by atoms with Crippen LogP contribution in [0.2, 0.25) is 0 Å². The number of hydrogen-bond acceptors (Lipinski definition) is 0. The lowest BCUT2D eigenvalue weighted by Crippen LogP contribution is -2.30. The molecule has 0 aromatic rings. The first kappa shape index (κ1) is 12.6. The zero-order valence-corrected chi connectivity index (χ0v) is 10.2. The minimum absolute atomic E-state index is 0.0570. The van der Waals surface area contributed by atoms with Crippen LogP contribution in [-0.4, -0.2) is 10.8 Å². The van der Waals surface area contributed by atoms with Crippen LogP contribution in [0.25, 0.3) is 0 Å². The van der Waals surface area contributed by atoms with Crippen molar-refractivity contribution < 1.29 is 0 Å². The number of hydrogen-bond donors (Lipinski definition) is 0. The van der Waals surface area contributed by atoms with Crippen LogP contribution in [0.5, 0.6) is 0 Å². The smallest absolute Gasteiger partial charge is 0.0548 e. The van der Waals surface area contributed by atoms with Crippen LogP contribution in [0.15, 0.2) is 0 Å². The van der Waals surface area contributed by atoms with E-state index in [0.29, 0.717) is 5.92 Å². The quantitative estimate of drug-likeness (QED) is 0.611. The predicted octanol–water partition coefficient (Wildman–Crippen LogP) is 4.29. The molecule has 0 heterocycles. The molecule has 0 fully saturated rings. The average molecular weight is 211 g/mol. The first-order valence-electron chi connectivity index (χ1n) is 4.53. The van der Waals surface area contributed by atoms with Gasteiger partial charge in [-0.3, -0.25) is 0 Å². The van der Waals surface area contributed by atoms with Gasteiger partial charge in [0.15, 0.2) is 0 Å². The fourth-order valence-electron chi connectivity index (χ4n) is 1.11. The average Bonchev–Trinajstić information content (AvgIpc) is 1.82. The maximum atomic E-state index is 6.22. The molecule has 0 spiro atoms. The maximum Gasteiger partial charge on any atom is 0.0548 e. The summed E-state index contributed by atoms with van der Waals surface area (Å²) in [7, 11) is 0. The first-order valence-corrected chi connectivity index (χ1v) is 5.40. The molecule has 2 atom stereocenters. The van der Waals surface area contributed by atoms with Crippen molar-refractivity contribution in [3.05, 3.63) is 0 Å². The van der Waals surface area contributed by atoms with Gasteiger partial charge in [-0.2, -0.15) is 0 Å². The third kappa shape index (κ3) is 4.57. The Labute approximate surface area is 86.6 Å². The van der Waals surface area contributed by atoms with Crippen molar-refractivity contribution in [1.82, 2.24) is 0 Å². The van der Waals surface area contributed by atoms with Crippen LogP contribution < -0.4 is 0 Å². The molecule has 0 aliphatic carbocycles. The summed E-state index contributed by atoms with van der Waals surface area (Å²) in [4.78, 5) is 0. The standard InChI is InChI=1S/C10H20Cl2/c1-7(2)6-8(11)9(12)10(3,4)5/h7-9H,6H2,1-5H3. The van der Waals surface area contributed by atoms with Gasteiger partial charge in [-0.15, -0.1) is 23.2 Å². The summed E-state index contributed by atoms with van der Waals surface area (Å²) in [5.41, 5.74) is 0.100. The van der Waals surface area contributed by atoms with Crippen molar-refractivity contribution in [2.45, 2.75) is 51.8 Å². The van der Waals surface area contributed by atoms with Crippen molar-refractivity contribution in [2.24, 2.45) is 11.3 Å². The Morgan fingerprint density at radius 1 is 1.08 bits per heavy atom. The monoisotopic (exact) mass is 210 g/mol.